The van der Waals surface area contributed by atoms with Crippen molar-refractivity contribution in [2.75, 3.05) is 24.5 Å². The van der Waals surface area contributed by atoms with E-state index < -0.39 is 11.7 Å². The maximum Gasteiger partial charge on any atom is 0.416 e. The van der Waals surface area contributed by atoms with E-state index in [0.29, 0.717) is 30.8 Å². The Bertz CT molecular complexity index is 1520. The molecule has 200 valence electrons. The highest BCUT2D eigenvalue weighted by Crippen LogP contribution is 2.33. The molecule has 0 saturated carbocycles. The summed E-state index contributed by atoms with van der Waals surface area (Å²) in [4.78, 5) is 16.8. The van der Waals surface area contributed by atoms with Crippen LogP contribution in [-0.4, -0.2) is 46.7 Å². The summed E-state index contributed by atoms with van der Waals surface area (Å²) in [6.45, 7) is 3.50. The van der Waals surface area contributed by atoms with Crippen molar-refractivity contribution in [1.82, 2.24) is 15.1 Å². The summed E-state index contributed by atoms with van der Waals surface area (Å²) in [5.74, 6) is 0.615. The van der Waals surface area contributed by atoms with Crippen LogP contribution in [0.1, 0.15) is 23.6 Å². The zero-order valence-corrected chi connectivity index (χ0v) is 21.8. The molecule has 0 radical (unpaired) electrons. The van der Waals surface area contributed by atoms with Crippen LogP contribution >= 0.6 is 12.4 Å². The average molecular weight is 552 g/mol. The van der Waals surface area contributed by atoms with Gasteiger partial charge >= 0.3 is 6.18 Å². The summed E-state index contributed by atoms with van der Waals surface area (Å²) in [5, 5.41) is 20.1. The summed E-state index contributed by atoms with van der Waals surface area (Å²) >= 11 is 0. The van der Waals surface area contributed by atoms with Crippen molar-refractivity contribution in [2.45, 2.75) is 25.6 Å². The largest absolute Gasteiger partial charge is 0.416 e. The Morgan fingerprint density at radius 1 is 0.974 bits per heavy atom. The van der Waals surface area contributed by atoms with Gasteiger partial charge in [-0.2, -0.15) is 18.4 Å². The van der Waals surface area contributed by atoms with E-state index in [0.717, 1.165) is 40.0 Å². The molecule has 0 bridgehead atoms. The molecule has 1 aliphatic rings. The maximum absolute atomic E-state index is 12.9. The number of nitriles is 1. The minimum atomic E-state index is -4.40. The van der Waals surface area contributed by atoms with Crippen LogP contribution in [0.15, 0.2) is 72.8 Å². The van der Waals surface area contributed by atoms with Gasteiger partial charge < -0.3 is 9.80 Å². The number of hydrogen-bond acceptors (Lipinski definition) is 5. The molecule has 1 aromatic heterocycles. The Morgan fingerprint density at radius 3 is 2.26 bits per heavy atom. The Kier molecular flexibility index (Phi) is 8.07. The SMILES string of the molecule is C[C@H]1CN(C(=O)Cc2ccc(C(F)(F)F)cc2)CCN1c1nnc(-c2ccc(C#N)cc2)c2ccccc12.Cl. The number of carbonyl (C=O) groups is 1. The van der Waals surface area contributed by atoms with Gasteiger partial charge in [-0.3, -0.25) is 4.79 Å². The van der Waals surface area contributed by atoms with E-state index in [1.165, 1.54) is 12.1 Å². The molecule has 0 unspecified atom stereocenters. The lowest BCUT2D eigenvalue weighted by molar-refractivity contribution is -0.137. The van der Waals surface area contributed by atoms with Crippen LogP contribution < -0.4 is 4.90 Å². The molecule has 10 heteroatoms. The number of nitrogens with zero attached hydrogens (tertiary/aromatic N) is 5. The first kappa shape index (κ1) is 27.9. The monoisotopic (exact) mass is 551 g/mol. The van der Waals surface area contributed by atoms with Crippen molar-refractivity contribution in [2.24, 2.45) is 0 Å². The molecular weight excluding hydrogens is 527 g/mol. The van der Waals surface area contributed by atoms with Crippen LogP contribution in [0.4, 0.5) is 19.0 Å². The molecule has 39 heavy (non-hydrogen) atoms. The highest BCUT2D eigenvalue weighted by Gasteiger charge is 2.31. The third kappa shape index (κ3) is 5.81. The van der Waals surface area contributed by atoms with E-state index in [2.05, 4.69) is 21.2 Å². The van der Waals surface area contributed by atoms with Crippen LogP contribution in [0.25, 0.3) is 22.0 Å². The topological polar surface area (TPSA) is 73.1 Å². The van der Waals surface area contributed by atoms with E-state index >= 15 is 0 Å². The second-order valence-corrected chi connectivity index (χ2v) is 9.36. The van der Waals surface area contributed by atoms with Crippen molar-refractivity contribution in [1.29, 1.82) is 5.26 Å². The summed E-state index contributed by atoms with van der Waals surface area (Å²) < 4.78 is 38.5. The lowest BCUT2D eigenvalue weighted by Crippen LogP contribution is -2.54. The summed E-state index contributed by atoms with van der Waals surface area (Å²) in [5.41, 5.74) is 1.99. The number of carbonyl (C=O) groups excluding carboxylic acids is 1. The molecule has 2 heterocycles. The van der Waals surface area contributed by atoms with Gasteiger partial charge in [0, 0.05) is 42.0 Å². The second-order valence-electron chi connectivity index (χ2n) is 9.36. The minimum absolute atomic E-state index is 0. The lowest BCUT2D eigenvalue weighted by atomic mass is 10.0. The normalized spacial score (nSPS) is 15.5. The molecule has 1 aliphatic heterocycles. The number of alkyl halides is 3. The molecule has 5 rings (SSSR count). The van der Waals surface area contributed by atoms with Gasteiger partial charge in [0.25, 0.3) is 0 Å². The Labute approximate surface area is 230 Å². The van der Waals surface area contributed by atoms with E-state index in [1.807, 2.05) is 43.3 Å². The van der Waals surface area contributed by atoms with Gasteiger partial charge in [0.2, 0.25) is 5.91 Å². The van der Waals surface area contributed by atoms with Crippen LogP contribution in [0.2, 0.25) is 0 Å². The van der Waals surface area contributed by atoms with E-state index in [4.69, 9.17) is 5.26 Å². The van der Waals surface area contributed by atoms with Crippen molar-refractivity contribution in [3.63, 3.8) is 0 Å². The van der Waals surface area contributed by atoms with Crippen molar-refractivity contribution in [3.8, 4) is 17.3 Å². The number of piperazine rings is 1. The van der Waals surface area contributed by atoms with E-state index in [1.54, 1.807) is 17.0 Å². The van der Waals surface area contributed by atoms with Gasteiger partial charge in [-0.15, -0.1) is 22.6 Å². The van der Waals surface area contributed by atoms with Crippen molar-refractivity contribution in [3.05, 3.63) is 89.5 Å². The Morgan fingerprint density at radius 2 is 1.64 bits per heavy atom. The Balaban J connectivity index is 0.00000353. The molecule has 3 aromatic carbocycles. The van der Waals surface area contributed by atoms with Gasteiger partial charge in [0.1, 0.15) is 5.69 Å². The van der Waals surface area contributed by atoms with Gasteiger partial charge in [-0.05, 0) is 36.8 Å². The first-order valence-electron chi connectivity index (χ1n) is 12.2. The zero-order chi connectivity index (χ0) is 26.9. The van der Waals surface area contributed by atoms with Crippen LogP contribution in [0, 0.1) is 11.3 Å². The predicted molar refractivity (Wildman–Crippen MR) is 145 cm³/mol. The van der Waals surface area contributed by atoms with Gasteiger partial charge in [-0.25, -0.2) is 0 Å². The molecule has 1 atom stereocenters. The number of anilines is 1. The lowest BCUT2D eigenvalue weighted by Gasteiger charge is -2.40. The first-order valence-corrected chi connectivity index (χ1v) is 12.2. The second kappa shape index (κ2) is 11.3. The maximum atomic E-state index is 12.9. The number of benzene rings is 3. The minimum Gasteiger partial charge on any atom is -0.348 e. The number of hydrogen-bond donors (Lipinski definition) is 0. The third-order valence-electron chi connectivity index (χ3n) is 6.84. The van der Waals surface area contributed by atoms with Gasteiger partial charge in [0.05, 0.1) is 23.6 Å². The Hall–Kier alpha value is -4.16. The number of halogens is 4. The molecule has 1 amide bonds. The standard InChI is InChI=1S/C29H24F3N5O.ClH/c1-19-18-36(26(38)16-20-8-12-23(13-9-20)29(30,31)32)14-15-37(19)28-25-5-3-2-4-24(25)27(34-35-28)22-10-6-21(17-33)7-11-22;/h2-13,19H,14-16,18H2,1H3;1H/t19-;/m0./s1. The number of fused-ring (bicyclic) bond motifs is 1. The highest BCUT2D eigenvalue weighted by atomic mass is 35.5. The smallest absolute Gasteiger partial charge is 0.348 e. The van der Waals surface area contributed by atoms with E-state index in [-0.39, 0.29) is 30.8 Å². The van der Waals surface area contributed by atoms with Crippen molar-refractivity contribution < 1.29 is 18.0 Å². The summed E-state index contributed by atoms with van der Waals surface area (Å²) in [7, 11) is 0. The van der Waals surface area contributed by atoms with Crippen LogP contribution in [-0.2, 0) is 17.4 Å². The molecule has 1 fully saturated rings. The molecule has 1 saturated heterocycles. The van der Waals surface area contributed by atoms with E-state index in [9.17, 15) is 18.0 Å². The fourth-order valence-corrected chi connectivity index (χ4v) is 4.81. The van der Waals surface area contributed by atoms with Crippen LogP contribution in [0.5, 0.6) is 0 Å². The number of aromatic nitrogens is 2. The zero-order valence-electron chi connectivity index (χ0n) is 21.0. The first-order chi connectivity index (χ1) is 18.2. The summed E-state index contributed by atoms with van der Waals surface area (Å²) in [6.07, 6.45) is -4.35. The fraction of sp³-hybridized carbons (Fsp3) is 0.241. The number of amides is 1. The third-order valence-corrected chi connectivity index (χ3v) is 6.84. The average Bonchev–Trinajstić information content (AvgIpc) is 2.92. The van der Waals surface area contributed by atoms with Crippen molar-refractivity contribution >= 4 is 34.9 Å². The predicted octanol–water partition coefficient (Wildman–Crippen LogP) is 5.89. The van der Waals surface area contributed by atoms with Gasteiger partial charge in [0.15, 0.2) is 5.82 Å². The molecule has 0 aliphatic carbocycles. The molecule has 0 N–H and O–H groups in total. The molecule has 6 nitrogen and oxygen atoms in total. The molecular formula is C29H25ClF3N5O. The van der Waals surface area contributed by atoms with Crippen LogP contribution in [0.3, 0.4) is 0 Å². The summed E-state index contributed by atoms with van der Waals surface area (Å²) in [6, 6.07) is 21.9. The highest BCUT2D eigenvalue weighted by molar-refractivity contribution is 6.00. The number of rotatable bonds is 4. The fourth-order valence-electron chi connectivity index (χ4n) is 4.81. The molecule has 4 aromatic rings. The van der Waals surface area contributed by atoms with Gasteiger partial charge in [-0.1, -0.05) is 48.5 Å². The molecule has 0 spiro atoms. The quantitative estimate of drug-likeness (QED) is 0.316.